The first kappa shape index (κ1) is 20.8. The minimum absolute atomic E-state index is 0.0258. The second-order valence-electron chi connectivity index (χ2n) is 8.37. The van der Waals surface area contributed by atoms with Crippen molar-refractivity contribution >= 4 is 11.8 Å². The van der Waals surface area contributed by atoms with E-state index in [0.717, 1.165) is 37.1 Å². The van der Waals surface area contributed by atoms with E-state index in [1.54, 1.807) is 11.0 Å². The van der Waals surface area contributed by atoms with E-state index in [4.69, 9.17) is 4.74 Å². The summed E-state index contributed by atoms with van der Waals surface area (Å²) in [5.41, 5.74) is 2.23. The fraction of sp³-hybridized carbons (Fsp3) is 0.565. The highest BCUT2D eigenvalue weighted by Gasteiger charge is 2.38. The van der Waals surface area contributed by atoms with Crippen LogP contribution in [0.3, 0.4) is 0 Å². The number of hydrogen-bond donors (Lipinski definition) is 1. The van der Waals surface area contributed by atoms with Gasteiger partial charge in [-0.2, -0.15) is 0 Å². The third kappa shape index (κ3) is 3.95. The fourth-order valence-corrected chi connectivity index (χ4v) is 5.01. The summed E-state index contributed by atoms with van der Waals surface area (Å²) in [6.45, 7) is 7.15. The first-order valence-corrected chi connectivity index (χ1v) is 10.9. The van der Waals surface area contributed by atoms with Gasteiger partial charge in [-0.15, -0.1) is 0 Å². The van der Waals surface area contributed by atoms with Crippen LogP contribution in [0.4, 0.5) is 4.39 Å². The number of ether oxygens (including phenoxy) is 1. The van der Waals surface area contributed by atoms with Crippen molar-refractivity contribution in [2.45, 2.75) is 63.8 Å². The maximum atomic E-state index is 12.9. The Bertz CT molecular complexity index is 843. The third-order valence-corrected chi connectivity index (χ3v) is 6.56. The molecule has 2 aliphatic heterocycles. The van der Waals surface area contributed by atoms with Gasteiger partial charge in [-0.3, -0.25) is 14.5 Å². The van der Waals surface area contributed by atoms with Crippen molar-refractivity contribution in [3.63, 3.8) is 0 Å². The Morgan fingerprint density at radius 3 is 2.87 bits per heavy atom. The molecular weight excluding hydrogens is 385 g/mol. The number of halogens is 1. The zero-order chi connectivity index (χ0) is 21.3. The summed E-state index contributed by atoms with van der Waals surface area (Å²) in [6.07, 6.45) is 4.33. The quantitative estimate of drug-likeness (QED) is 0.744. The molecule has 30 heavy (non-hydrogen) atoms. The number of benzene rings is 1. The molecule has 0 aromatic heterocycles. The van der Waals surface area contributed by atoms with E-state index < -0.39 is 6.04 Å². The predicted octanol–water partition coefficient (Wildman–Crippen LogP) is 3.03. The van der Waals surface area contributed by atoms with Gasteiger partial charge in [0.2, 0.25) is 5.91 Å². The van der Waals surface area contributed by atoms with Crippen molar-refractivity contribution < 1.29 is 18.7 Å². The van der Waals surface area contributed by atoms with Crippen LogP contribution in [0, 0.1) is 0 Å². The molecule has 3 unspecified atom stereocenters. The van der Waals surface area contributed by atoms with Crippen LogP contribution in [-0.2, 0) is 11.3 Å². The molecule has 1 saturated carbocycles. The Labute approximate surface area is 177 Å². The lowest BCUT2D eigenvalue weighted by atomic mass is 10.0. The Hall–Kier alpha value is -2.41. The molecule has 1 N–H and O–H groups in total. The number of carbonyl (C=O) groups is 2. The molecule has 162 valence electrons. The number of nitrogens with one attached hydrogen (secondary N) is 1. The molecule has 3 aliphatic rings. The number of carbonyl (C=O) groups excluding carboxylic acids is 2. The van der Waals surface area contributed by atoms with E-state index >= 15 is 0 Å². The summed E-state index contributed by atoms with van der Waals surface area (Å²) in [5, 5.41) is 2.76. The van der Waals surface area contributed by atoms with Crippen LogP contribution in [0.2, 0.25) is 0 Å². The standard InChI is InChI=1S/C23H30FN3O3/c1-3-26(12-11-24)19-5-4-6-21(19)30-17-8-9-18-16(13-17)14-27(23(18)29)20-10-7-15(2)25-22(20)28/h8-9,13,19-21H,2-7,10-12,14H2,1H3,(H,25,28). The Balaban J connectivity index is 1.46. The van der Waals surface area contributed by atoms with E-state index in [9.17, 15) is 14.0 Å². The number of rotatable bonds is 7. The van der Waals surface area contributed by atoms with E-state index in [2.05, 4.69) is 23.7 Å². The number of alkyl halides is 1. The Morgan fingerprint density at radius 2 is 2.13 bits per heavy atom. The fourth-order valence-electron chi connectivity index (χ4n) is 5.01. The molecule has 2 fully saturated rings. The molecule has 7 heteroatoms. The van der Waals surface area contributed by atoms with Gasteiger partial charge in [-0.25, -0.2) is 4.39 Å². The van der Waals surface area contributed by atoms with E-state index in [0.29, 0.717) is 37.2 Å². The molecule has 0 bridgehead atoms. The minimum Gasteiger partial charge on any atom is -0.489 e. The highest BCUT2D eigenvalue weighted by molar-refractivity contribution is 6.01. The molecular formula is C23H30FN3O3. The van der Waals surface area contributed by atoms with Gasteiger partial charge >= 0.3 is 0 Å². The average molecular weight is 416 g/mol. The van der Waals surface area contributed by atoms with Crippen LogP contribution < -0.4 is 10.1 Å². The summed E-state index contributed by atoms with van der Waals surface area (Å²) in [7, 11) is 0. The zero-order valence-electron chi connectivity index (χ0n) is 17.5. The lowest BCUT2D eigenvalue weighted by Crippen LogP contribution is -2.49. The monoisotopic (exact) mass is 415 g/mol. The molecule has 1 aromatic rings. The molecule has 1 saturated heterocycles. The highest BCUT2D eigenvalue weighted by atomic mass is 19.1. The number of allylic oxidation sites excluding steroid dienone is 1. The van der Waals surface area contributed by atoms with Crippen LogP contribution in [0.15, 0.2) is 30.5 Å². The Kier molecular flexibility index (Phi) is 6.09. The van der Waals surface area contributed by atoms with Gasteiger partial charge in [0.05, 0.1) is 0 Å². The van der Waals surface area contributed by atoms with Crippen molar-refractivity contribution in [1.82, 2.24) is 15.1 Å². The maximum Gasteiger partial charge on any atom is 0.255 e. The van der Waals surface area contributed by atoms with E-state index in [-0.39, 0.29) is 30.6 Å². The van der Waals surface area contributed by atoms with Crippen LogP contribution in [0.5, 0.6) is 5.75 Å². The molecule has 2 heterocycles. The van der Waals surface area contributed by atoms with Crippen LogP contribution in [0.1, 0.15) is 54.9 Å². The summed E-state index contributed by atoms with van der Waals surface area (Å²) in [4.78, 5) is 29.0. The number of nitrogens with zero attached hydrogens (tertiary/aromatic N) is 2. The van der Waals surface area contributed by atoms with Gasteiger partial charge < -0.3 is 15.0 Å². The molecule has 4 rings (SSSR count). The van der Waals surface area contributed by atoms with Gasteiger partial charge in [0.1, 0.15) is 24.6 Å². The smallest absolute Gasteiger partial charge is 0.255 e. The minimum atomic E-state index is -0.460. The topological polar surface area (TPSA) is 61.9 Å². The maximum absolute atomic E-state index is 12.9. The normalized spacial score (nSPS) is 26.3. The van der Waals surface area contributed by atoms with Gasteiger partial charge in [0, 0.05) is 30.4 Å². The molecule has 2 amide bonds. The third-order valence-electron chi connectivity index (χ3n) is 6.56. The van der Waals surface area contributed by atoms with Crippen molar-refractivity contribution in [2.75, 3.05) is 19.8 Å². The van der Waals surface area contributed by atoms with Crippen LogP contribution in [-0.4, -0.2) is 59.6 Å². The molecule has 1 aromatic carbocycles. The van der Waals surface area contributed by atoms with Gasteiger partial charge in [-0.05, 0) is 62.4 Å². The number of piperidine rings is 1. The van der Waals surface area contributed by atoms with Crippen LogP contribution in [0.25, 0.3) is 0 Å². The number of amides is 2. The first-order valence-electron chi connectivity index (χ1n) is 10.9. The molecule has 0 spiro atoms. The molecule has 6 nitrogen and oxygen atoms in total. The predicted molar refractivity (Wildman–Crippen MR) is 112 cm³/mol. The Morgan fingerprint density at radius 1 is 1.30 bits per heavy atom. The van der Waals surface area contributed by atoms with Crippen molar-refractivity contribution in [1.29, 1.82) is 0 Å². The SMILES string of the molecule is C=C1CCC(N2Cc3cc(OC4CCCC4N(CC)CCF)ccc3C2=O)C(=O)N1. The van der Waals surface area contributed by atoms with Gasteiger partial charge in [0.25, 0.3) is 5.91 Å². The summed E-state index contributed by atoms with van der Waals surface area (Å²) < 4.78 is 19.2. The highest BCUT2D eigenvalue weighted by Crippen LogP contribution is 2.33. The summed E-state index contributed by atoms with van der Waals surface area (Å²) >= 11 is 0. The lowest BCUT2D eigenvalue weighted by molar-refractivity contribution is -0.126. The molecule has 1 aliphatic carbocycles. The van der Waals surface area contributed by atoms with Gasteiger partial charge in [-0.1, -0.05) is 13.5 Å². The number of hydrogen-bond acceptors (Lipinski definition) is 4. The zero-order valence-corrected chi connectivity index (χ0v) is 17.5. The van der Waals surface area contributed by atoms with Crippen molar-refractivity contribution in [3.05, 3.63) is 41.6 Å². The first-order chi connectivity index (χ1) is 14.5. The second-order valence-corrected chi connectivity index (χ2v) is 8.37. The van der Waals surface area contributed by atoms with Crippen LogP contribution >= 0.6 is 0 Å². The van der Waals surface area contributed by atoms with E-state index in [1.807, 2.05) is 12.1 Å². The molecule has 3 atom stereocenters. The summed E-state index contributed by atoms with van der Waals surface area (Å²) in [5.74, 6) is 0.464. The number of likely N-dealkylation sites (N-methyl/N-ethyl adjacent to an activating group) is 1. The van der Waals surface area contributed by atoms with Crippen molar-refractivity contribution in [2.24, 2.45) is 0 Å². The second kappa shape index (κ2) is 8.76. The largest absolute Gasteiger partial charge is 0.489 e. The summed E-state index contributed by atoms with van der Waals surface area (Å²) in [6, 6.07) is 5.32. The van der Waals surface area contributed by atoms with E-state index in [1.165, 1.54) is 0 Å². The average Bonchev–Trinajstić information content (AvgIpc) is 3.30. The lowest BCUT2D eigenvalue weighted by Gasteiger charge is -2.31. The van der Waals surface area contributed by atoms with Gasteiger partial charge in [0.15, 0.2) is 0 Å². The molecule has 0 radical (unpaired) electrons. The van der Waals surface area contributed by atoms with Crippen molar-refractivity contribution in [3.8, 4) is 5.75 Å². The number of fused-ring (bicyclic) bond motifs is 1.